The van der Waals surface area contributed by atoms with Crippen LogP contribution in [0.3, 0.4) is 0 Å². The fourth-order valence-electron chi connectivity index (χ4n) is 1.72. The molecule has 0 bridgehead atoms. The van der Waals surface area contributed by atoms with Crippen molar-refractivity contribution in [2.45, 2.75) is 13.8 Å². The quantitative estimate of drug-likeness (QED) is 0.898. The van der Waals surface area contributed by atoms with Crippen LogP contribution in [0.4, 0.5) is 0 Å². The average molecular weight is 246 g/mol. The molecule has 0 amide bonds. The third-order valence-electron chi connectivity index (χ3n) is 2.60. The second-order valence-electron chi connectivity index (χ2n) is 3.84. The summed E-state index contributed by atoms with van der Waals surface area (Å²) in [6.45, 7) is 4.17. The van der Waals surface area contributed by atoms with E-state index in [0.29, 0.717) is 18.1 Å². The van der Waals surface area contributed by atoms with Gasteiger partial charge in [-0.25, -0.2) is 4.79 Å². The largest absolute Gasteiger partial charge is 0.494 e. The van der Waals surface area contributed by atoms with Gasteiger partial charge in [-0.1, -0.05) is 0 Å². The van der Waals surface area contributed by atoms with Crippen LogP contribution in [0.5, 0.6) is 5.75 Å². The minimum absolute atomic E-state index is 0.193. The van der Waals surface area contributed by atoms with Gasteiger partial charge >= 0.3 is 5.97 Å². The molecule has 1 heterocycles. The van der Waals surface area contributed by atoms with Crippen molar-refractivity contribution in [3.05, 3.63) is 41.7 Å². The van der Waals surface area contributed by atoms with E-state index < -0.39 is 5.97 Å². The number of carbonyl (C=O) groups is 1. The first-order chi connectivity index (χ1) is 8.61. The lowest BCUT2D eigenvalue weighted by atomic mass is 10.1. The van der Waals surface area contributed by atoms with Crippen LogP contribution in [0.25, 0.3) is 11.3 Å². The Labute approximate surface area is 105 Å². The highest BCUT2D eigenvalue weighted by atomic mass is 16.5. The number of benzene rings is 1. The molecule has 0 saturated heterocycles. The first-order valence-corrected chi connectivity index (χ1v) is 5.68. The summed E-state index contributed by atoms with van der Waals surface area (Å²) in [5.74, 6) is 0.760. The maximum Gasteiger partial charge on any atom is 0.339 e. The molecule has 1 N–H and O–H groups in total. The van der Waals surface area contributed by atoms with Crippen LogP contribution in [0.15, 0.2) is 34.7 Å². The van der Waals surface area contributed by atoms with Crippen molar-refractivity contribution in [1.29, 1.82) is 0 Å². The number of ether oxygens (including phenoxy) is 1. The van der Waals surface area contributed by atoms with Crippen molar-refractivity contribution >= 4 is 5.97 Å². The maximum absolute atomic E-state index is 10.9. The zero-order chi connectivity index (χ0) is 13.1. The van der Waals surface area contributed by atoms with Gasteiger partial charge in [-0.2, -0.15) is 0 Å². The summed E-state index contributed by atoms with van der Waals surface area (Å²) < 4.78 is 10.8. The smallest absolute Gasteiger partial charge is 0.339 e. The fraction of sp³-hybridized carbons (Fsp3) is 0.214. The van der Waals surface area contributed by atoms with Gasteiger partial charge in [0.05, 0.1) is 6.61 Å². The van der Waals surface area contributed by atoms with Crippen LogP contribution >= 0.6 is 0 Å². The number of carboxylic acid groups (broad SMARTS) is 1. The molecule has 0 fully saturated rings. The number of carboxylic acids is 1. The molecule has 0 spiro atoms. The van der Waals surface area contributed by atoms with E-state index in [0.717, 1.165) is 11.3 Å². The summed E-state index contributed by atoms with van der Waals surface area (Å²) in [4.78, 5) is 10.9. The van der Waals surface area contributed by atoms with Crippen LogP contribution in [0, 0.1) is 6.92 Å². The van der Waals surface area contributed by atoms with Crippen LogP contribution in [0.1, 0.15) is 23.0 Å². The van der Waals surface area contributed by atoms with E-state index >= 15 is 0 Å². The van der Waals surface area contributed by atoms with E-state index in [4.69, 9.17) is 14.3 Å². The Bertz CT molecular complexity index is 552. The molecule has 2 aromatic rings. The fourth-order valence-corrected chi connectivity index (χ4v) is 1.72. The third-order valence-corrected chi connectivity index (χ3v) is 2.60. The lowest BCUT2D eigenvalue weighted by molar-refractivity contribution is 0.0695. The molecule has 0 saturated carbocycles. The maximum atomic E-state index is 10.9. The van der Waals surface area contributed by atoms with Gasteiger partial charge in [-0.15, -0.1) is 0 Å². The molecule has 94 valence electrons. The van der Waals surface area contributed by atoms with Crippen molar-refractivity contribution in [3.63, 3.8) is 0 Å². The van der Waals surface area contributed by atoms with Gasteiger partial charge in [0.15, 0.2) is 0 Å². The summed E-state index contributed by atoms with van der Waals surface area (Å²) in [6, 6.07) is 8.88. The topological polar surface area (TPSA) is 59.7 Å². The Kier molecular flexibility index (Phi) is 3.37. The van der Waals surface area contributed by atoms with Gasteiger partial charge in [-0.05, 0) is 44.2 Å². The highest BCUT2D eigenvalue weighted by Gasteiger charge is 2.14. The monoisotopic (exact) mass is 246 g/mol. The Morgan fingerprint density at radius 3 is 2.50 bits per heavy atom. The Morgan fingerprint density at radius 2 is 2.00 bits per heavy atom. The van der Waals surface area contributed by atoms with Gasteiger partial charge in [0.1, 0.15) is 22.8 Å². The van der Waals surface area contributed by atoms with Gasteiger partial charge in [0, 0.05) is 5.56 Å². The number of aryl methyl sites for hydroxylation is 1. The minimum Gasteiger partial charge on any atom is -0.494 e. The Hall–Kier alpha value is -2.23. The zero-order valence-corrected chi connectivity index (χ0v) is 10.3. The molecule has 1 aromatic carbocycles. The van der Waals surface area contributed by atoms with Crippen molar-refractivity contribution < 1.29 is 19.1 Å². The molecule has 2 rings (SSSR count). The third kappa shape index (κ3) is 2.37. The standard InChI is InChI=1S/C14H14O4/c1-3-17-11-6-4-10(5-7-11)13-8-12(14(15)16)9(2)18-13/h4-8H,3H2,1-2H3,(H,15,16). The van der Waals surface area contributed by atoms with Crippen molar-refractivity contribution in [3.8, 4) is 17.1 Å². The van der Waals surface area contributed by atoms with E-state index in [-0.39, 0.29) is 5.56 Å². The van der Waals surface area contributed by atoms with Gasteiger partial charge in [-0.3, -0.25) is 0 Å². The predicted octanol–water partition coefficient (Wildman–Crippen LogP) is 3.35. The van der Waals surface area contributed by atoms with Crippen LogP contribution in [0.2, 0.25) is 0 Å². The predicted molar refractivity (Wildman–Crippen MR) is 67.0 cm³/mol. The second-order valence-corrected chi connectivity index (χ2v) is 3.84. The molecule has 0 aliphatic rings. The van der Waals surface area contributed by atoms with Crippen molar-refractivity contribution in [1.82, 2.24) is 0 Å². The lowest BCUT2D eigenvalue weighted by Gasteiger charge is -2.02. The molecule has 18 heavy (non-hydrogen) atoms. The van der Waals surface area contributed by atoms with Crippen LogP contribution in [-0.4, -0.2) is 17.7 Å². The molecule has 4 heteroatoms. The summed E-state index contributed by atoms with van der Waals surface area (Å²) in [5, 5.41) is 8.96. The number of hydrogen-bond donors (Lipinski definition) is 1. The lowest BCUT2D eigenvalue weighted by Crippen LogP contribution is -1.94. The molecule has 0 atom stereocenters. The van der Waals surface area contributed by atoms with Crippen LogP contribution < -0.4 is 4.74 Å². The average Bonchev–Trinajstić information content (AvgIpc) is 2.73. The molecular formula is C14H14O4. The summed E-state index contributed by atoms with van der Waals surface area (Å²) in [7, 11) is 0. The highest BCUT2D eigenvalue weighted by molar-refractivity contribution is 5.90. The number of furan rings is 1. The van der Waals surface area contributed by atoms with E-state index in [1.165, 1.54) is 6.07 Å². The highest BCUT2D eigenvalue weighted by Crippen LogP contribution is 2.27. The first kappa shape index (κ1) is 12.2. The molecule has 4 nitrogen and oxygen atoms in total. The molecule has 0 unspecified atom stereocenters. The van der Waals surface area contributed by atoms with E-state index in [1.54, 1.807) is 6.92 Å². The summed E-state index contributed by atoms with van der Waals surface area (Å²) >= 11 is 0. The first-order valence-electron chi connectivity index (χ1n) is 5.68. The SMILES string of the molecule is CCOc1ccc(-c2cc(C(=O)O)c(C)o2)cc1. The zero-order valence-electron chi connectivity index (χ0n) is 10.3. The van der Waals surface area contributed by atoms with E-state index in [2.05, 4.69) is 0 Å². The van der Waals surface area contributed by atoms with Crippen molar-refractivity contribution in [2.75, 3.05) is 6.61 Å². The number of aromatic carboxylic acids is 1. The second kappa shape index (κ2) is 4.96. The van der Waals surface area contributed by atoms with Gasteiger partial charge in [0.25, 0.3) is 0 Å². The summed E-state index contributed by atoms with van der Waals surface area (Å²) in [6.07, 6.45) is 0. The van der Waals surface area contributed by atoms with E-state index in [1.807, 2.05) is 31.2 Å². The van der Waals surface area contributed by atoms with Crippen LogP contribution in [-0.2, 0) is 0 Å². The normalized spacial score (nSPS) is 10.3. The minimum atomic E-state index is -0.978. The number of hydrogen-bond acceptors (Lipinski definition) is 3. The van der Waals surface area contributed by atoms with Gasteiger partial charge in [0.2, 0.25) is 0 Å². The molecule has 1 aromatic heterocycles. The molecule has 0 aliphatic heterocycles. The Morgan fingerprint density at radius 1 is 1.33 bits per heavy atom. The Balaban J connectivity index is 2.31. The summed E-state index contributed by atoms with van der Waals surface area (Å²) in [5.41, 5.74) is 1.02. The molecule has 0 aliphatic carbocycles. The molecular weight excluding hydrogens is 232 g/mol. The van der Waals surface area contributed by atoms with E-state index in [9.17, 15) is 4.79 Å². The van der Waals surface area contributed by atoms with Crippen molar-refractivity contribution in [2.24, 2.45) is 0 Å². The van der Waals surface area contributed by atoms with Gasteiger partial charge < -0.3 is 14.3 Å². The number of rotatable bonds is 4. The molecule has 0 radical (unpaired) electrons.